The normalized spacial score (nSPS) is 16.9. The highest BCUT2D eigenvalue weighted by atomic mass is 127. The van der Waals surface area contributed by atoms with Gasteiger partial charge in [0.15, 0.2) is 0 Å². The average molecular weight is 442 g/mol. The zero-order valence-corrected chi connectivity index (χ0v) is 15.7. The molecule has 2 aromatic rings. The van der Waals surface area contributed by atoms with Crippen LogP contribution >= 0.6 is 33.9 Å². The van der Waals surface area contributed by atoms with Gasteiger partial charge >= 0.3 is 0 Å². The van der Waals surface area contributed by atoms with Crippen LogP contribution in [-0.4, -0.2) is 43.7 Å². The summed E-state index contributed by atoms with van der Waals surface area (Å²) in [5.41, 5.74) is 0.712. The van der Waals surface area contributed by atoms with Gasteiger partial charge in [-0.2, -0.15) is 0 Å². The maximum Gasteiger partial charge on any atom is 0.251 e. The van der Waals surface area contributed by atoms with Crippen LogP contribution in [0.3, 0.4) is 0 Å². The van der Waals surface area contributed by atoms with E-state index in [4.69, 9.17) is 4.74 Å². The third-order valence-electron chi connectivity index (χ3n) is 3.90. The molecule has 0 aliphatic carbocycles. The van der Waals surface area contributed by atoms with Crippen LogP contribution in [-0.2, 0) is 4.74 Å². The molecule has 0 spiro atoms. The number of nitrogens with one attached hydrogen (secondary N) is 1. The Bertz CT molecular complexity index is 642. The Morgan fingerprint density at radius 3 is 2.83 bits per heavy atom. The van der Waals surface area contributed by atoms with Crippen molar-refractivity contribution in [3.8, 4) is 0 Å². The van der Waals surface area contributed by atoms with Gasteiger partial charge in [-0.1, -0.05) is 12.1 Å². The van der Waals surface area contributed by atoms with E-state index in [1.54, 1.807) is 11.3 Å². The standard InChI is InChI=1S/C17H19IN2O2S/c18-14-4-1-3-13(11-14)17(21)19-12-15(16-5-2-10-23-16)20-6-8-22-9-7-20/h1-5,10-11,15H,6-9,12H2,(H,19,21). The third kappa shape index (κ3) is 4.53. The second-order valence-corrected chi connectivity index (χ2v) is 7.62. The van der Waals surface area contributed by atoms with Crippen molar-refractivity contribution < 1.29 is 9.53 Å². The molecule has 23 heavy (non-hydrogen) atoms. The van der Waals surface area contributed by atoms with Crippen LogP contribution in [0.1, 0.15) is 21.3 Å². The number of halogens is 1. The topological polar surface area (TPSA) is 41.6 Å². The summed E-state index contributed by atoms with van der Waals surface area (Å²) in [4.78, 5) is 16.1. The predicted molar refractivity (Wildman–Crippen MR) is 101 cm³/mol. The molecule has 1 unspecified atom stereocenters. The van der Waals surface area contributed by atoms with E-state index in [1.165, 1.54) is 4.88 Å². The van der Waals surface area contributed by atoms with Crippen molar-refractivity contribution >= 4 is 39.8 Å². The number of rotatable bonds is 5. The number of hydrogen-bond acceptors (Lipinski definition) is 4. The molecule has 0 radical (unpaired) electrons. The Hall–Kier alpha value is -0.960. The van der Waals surface area contributed by atoms with Gasteiger partial charge in [-0.05, 0) is 52.2 Å². The van der Waals surface area contributed by atoms with E-state index in [0.717, 1.165) is 29.9 Å². The van der Waals surface area contributed by atoms with Crippen molar-refractivity contribution in [2.45, 2.75) is 6.04 Å². The van der Waals surface area contributed by atoms with Gasteiger partial charge in [-0.15, -0.1) is 11.3 Å². The second-order valence-electron chi connectivity index (χ2n) is 5.40. The molecule has 4 nitrogen and oxygen atoms in total. The summed E-state index contributed by atoms with van der Waals surface area (Å²) >= 11 is 3.96. The van der Waals surface area contributed by atoms with Gasteiger partial charge in [0.05, 0.1) is 19.3 Å². The Morgan fingerprint density at radius 1 is 1.30 bits per heavy atom. The van der Waals surface area contributed by atoms with Gasteiger partial charge < -0.3 is 10.1 Å². The summed E-state index contributed by atoms with van der Waals surface area (Å²) < 4.78 is 6.52. The van der Waals surface area contributed by atoms with Crippen LogP contribution in [0.2, 0.25) is 0 Å². The minimum absolute atomic E-state index is 0.0154. The van der Waals surface area contributed by atoms with E-state index < -0.39 is 0 Å². The lowest BCUT2D eigenvalue weighted by Gasteiger charge is -2.34. The van der Waals surface area contributed by atoms with Crippen molar-refractivity contribution in [3.05, 3.63) is 55.8 Å². The maximum atomic E-state index is 12.4. The molecule has 0 saturated carbocycles. The number of carbonyl (C=O) groups excluding carboxylic acids is 1. The number of morpholine rings is 1. The summed E-state index contributed by atoms with van der Waals surface area (Å²) in [7, 11) is 0. The lowest BCUT2D eigenvalue weighted by atomic mass is 10.1. The van der Waals surface area contributed by atoms with Crippen molar-refractivity contribution in [2.75, 3.05) is 32.8 Å². The van der Waals surface area contributed by atoms with E-state index >= 15 is 0 Å². The van der Waals surface area contributed by atoms with Crippen LogP contribution < -0.4 is 5.32 Å². The van der Waals surface area contributed by atoms with Gasteiger partial charge in [-0.3, -0.25) is 9.69 Å². The number of amides is 1. The summed E-state index contributed by atoms with van der Waals surface area (Å²) in [5, 5.41) is 5.18. The molecule has 1 aromatic heterocycles. The molecule has 1 N–H and O–H groups in total. The molecule has 3 rings (SSSR count). The van der Waals surface area contributed by atoms with Gasteiger partial charge in [0, 0.05) is 33.6 Å². The molecule has 1 saturated heterocycles. The second kappa shape index (κ2) is 8.23. The van der Waals surface area contributed by atoms with Gasteiger partial charge in [0.1, 0.15) is 0 Å². The fraction of sp³-hybridized carbons (Fsp3) is 0.353. The first-order valence-electron chi connectivity index (χ1n) is 7.63. The van der Waals surface area contributed by atoms with Crippen molar-refractivity contribution in [1.82, 2.24) is 10.2 Å². The fourth-order valence-corrected chi connectivity index (χ4v) is 4.10. The summed E-state index contributed by atoms with van der Waals surface area (Å²) in [6.45, 7) is 3.94. The summed E-state index contributed by atoms with van der Waals surface area (Å²) in [5.74, 6) is -0.0154. The van der Waals surface area contributed by atoms with Crippen LogP contribution in [0.15, 0.2) is 41.8 Å². The Kier molecular flexibility index (Phi) is 6.04. The molecule has 1 atom stereocenters. The van der Waals surface area contributed by atoms with E-state index in [1.807, 2.05) is 24.3 Å². The molecule has 1 aliphatic rings. The van der Waals surface area contributed by atoms with E-state index in [-0.39, 0.29) is 11.9 Å². The lowest BCUT2D eigenvalue weighted by Crippen LogP contribution is -2.43. The highest BCUT2D eigenvalue weighted by Gasteiger charge is 2.24. The highest BCUT2D eigenvalue weighted by molar-refractivity contribution is 14.1. The molecular weight excluding hydrogens is 423 g/mol. The zero-order valence-electron chi connectivity index (χ0n) is 12.7. The lowest BCUT2D eigenvalue weighted by molar-refractivity contribution is 0.0169. The quantitative estimate of drug-likeness (QED) is 0.724. The van der Waals surface area contributed by atoms with Crippen LogP contribution in [0.25, 0.3) is 0 Å². The number of carbonyl (C=O) groups is 1. The first-order valence-corrected chi connectivity index (χ1v) is 9.59. The minimum atomic E-state index is -0.0154. The highest BCUT2D eigenvalue weighted by Crippen LogP contribution is 2.25. The average Bonchev–Trinajstić information content (AvgIpc) is 3.10. The maximum absolute atomic E-state index is 12.4. The first kappa shape index (κ1) is 16.9. The number of benzene rings is 1. The van der Waals surface area contributed by atoms with E-state index in [0.29, 0.717) is 12.1 Å². The summed E-state index contributed by atoms with van der Waals surface area (Å²) in [6.07, 6.45) is 0. The molecular formula is C17H19IN2O2S. The molecule has 1 aromatic carbocycles. The number of thiophene rings is 1. The Morgan fingerprint density at radius 2 is 2.13 bits per heavy atom. The monoisotopic (exact) mass is 442 g/mol. The van der Waals surface area contributed by atoms with Crippen LogP contribution in [0, 0.1) is 3.57 Å². The number of ether oxygens (including phenoxy) is 1. The zero-order chi connectivity index (χ0) is 16.1. The van der Waals surface area contributed by atoms with Gasteiger partial charge in [0.2, 0.25) is 0 Å². The van der Waals surface area contributed by atoms with Crippen LogP contribution in [0.5, 0.6) is 0 Å². The van der Waals surface area contributed by atoms with Gasteiger partial charge in [-0.25, -0.2) is 0 Å². The fourth-order valence-electron chi connectivity index (χ4n) is 2.70. The summed E-state index contributed by atoms with van der Waals surface area (Å²) in [6, 6.07) is 12.1. The van der Waals surface area contributed by atoms with Gasteiger partial charge in [0.25, 0.3) is 5.91 Å². The molecule has 6 heteroatoms. The van der Waals surface area contributed by atoms with E-state index in [9.17, 15) is 4.79 Å². The number of hydrogen-bond donors (Lipinski definition) is 1. The molecule has 1 amide bonds. The largest absolute Gasteiger partial charge is 0.379 e. The van der Waals surface area contributed by atoms with E-state index in [2.05, 4.69) is 50.3 Å². The minimum Gasteiger partial charge on any atom is -0.379 e. The molecule has 0 bridgehead atoms. The Balaban J connectivity index is 1.67. The predicted octanol–water partition coefficient (Wildman–Crippen LogP) is 3.16. The molecule has 1 aliphatic heterocycles. The van der Waals surface area contributed by atoms with Crippen LogP contribution in [0.4, 0.5) is 0 Å². The third-order valence-corrected chi connectivity index (χ3v) is 5.55. The molecule has 1 fully saturated rings. The van der Waals surface area contributed by atoms with Crippen molar-refractivity contribution in [1.29, 1.82) is 0 Å². The molecule has 122 valence electrons. The SMILES string of the molecule is O=C(NCC(c1cccs1)N1CCOCC1)c1cccc(I)c1. The Labute approximate surface area is 154 Å². The number of nitrogens with zero attached hydrogens (tertiary/aromatic N) is 1. The van der Waals surface area contributed by atoms with Crippen molar-refractivity contribution in [2.24, 2.45) is 0 Å². The smallest absolute Gasteiger partial charge is 0.251 e. The van der Waals surface area contributed by atoms with Crippen molar-refractivity contribution in [3.63, 3.8) is 0 Å². The molecule has 2 heterocycles. The first-order chi connectivity index (χ1) is 11.2.